The van der Waals surface area contributed by atoms with Crippen molar-refractivity contribution in [3.8, 4) is 0 Å². The largest absolute Gasteiger partial charge is 0.820 e. The molecule has 4 heteroatoms. The van der Waals surface area contributed by atoms with Gasteiger partial charge in [0.2, 0.25) is 0 Å². The lowest BCUT2D eigenvalue weighted by atomic mass is 9.93. The van der Waals surface area contributed by atoms with E-state index in [0.717, 1.165) is 12.8 Å². The highest BCUT2D eigenvalue weighted by molar-refractivity contribution is 7.26. The summed E-state index contributed by atoms with van der Waals surface area (Å²) in [5.41, 5.74) is 0. The van der Waals surface area contributed by atoms with E-state index in [0.29, 0.717) is 6.04 Å². The van der Waals surface area contributed by atoms with Crippen molar-refractivity contribution >= 4 is 8.96 Å². The van der Waals surface area contributed by atoms with E-state index >= 15 is 0 Å². The van der Waals surface area contributed by atoms with Crippen LogP contribution in [0, 0.1) is 0 Å². The molecule has 3 atom stereocenters. The predicted octanol–water partition coefficient (Wildman–Crippen LogP) is 0.402. The lowest BCUT2D eigenvalue weighted by Crippen LogP contribution is -2.40. The van der Waals surface area contributed by atoms with E-state index in [-0.39, 0.29) is 6.10 Å². The zero-order valence-corrected chi connectivity index (χ0v) is 7.80. The molecule has 1 aliphatic carbocycles. The Morgan fingerprint density at radius 1 is 1.45 bits per heavy atom. The summed E-state index contributed by atoms with van der Waals surface area (Å²) in [5.74, 6) is 0. The number of hydrogen-bond donors (Lipinski definition) is 1. The zero-order chi connectivity index (χ0) is 8.10. The van der Waals surface area contributed by atoms with E-state index in [4.69, 9.17) is 4.74 Å². The van der Waals surface area contributed by atoms with Crippen molar-refractivity contribution in [1.82, 2.24) is 5.09 Å². The smallest absolute Gasteiger partial charge is 0.0726 e. The first-order valence-electron chi connectivity index (χ1n) is 4.04. The van der Waals surface area contributed by atoms with Gasteiger partial charge in [0.1, 0.15) is 0 Å². The highest BCUT2D eigenvalue weighted by Crippen LogP contribution is 2.21. The van der Waals surface area contributed by atoms with Crippen LogP contribution in [0.5, 0.6) is 0 Å². The Morgan fingerprint density at radius 2 is 2.18 bits per heavy atom. The van der Waals surface area contributed by atoms with E-state index in [2.05, 4.69) is 5.09 Å². The summed E-state index contributed by atoms with van der Waals surface area (Å²) in [5, 5.41) is 2.93. The molecular formula is C7H15NO2P-. The van der Waals surface area contributed by atoms with Gasteiger partial charge in [-0.05, 0) is 12.8 Å². The Bertz CT molecular complexity index is 111. The number of hydrogen-bond acceptors (Lipinski definition) is 3. The first-order valence-corrected chi connectivity index (χ1v) is 4.94. The molecular weight excluding hydrogens is 161 g/mol. The molecule has 3 nitrogen and oxygen atoms in total. The van der Waals surface area contributed by atoms with Crippen LogP contribution in [0.2, 0.25) is 0 Å². The van der Waals surface area contributed by atoms with Gasteiger partial charge in [-0.2, -0.15) is 0 Å². The first kappa shape index (κ1) is 9.40. The molecule has 66 valence electrons. The van der Waals surface area contributed by atoms with Crippen molar-refractivity contribution < 1.29 is 9.63 Å². The molecule has 1 rings (SSSR count). The van der Waals surface area contributed by atoms with Crippen molar-refractivity contribution in [2.45, 2.75) is 37.8 Å². The minimum absolute atomic E-state index is 0.269. The maximum Gasteiger partial charge on any atom is 0.0726 e. The topological polar surface area (TPSA) is 44.3 Å². The molecule has 11 heavy (non-hydrogen) atoms. The first-order chi connectivity index (χ1) is 5.38. The second-order valence-electron chi connectivity index (χ2n) is 2.91. The van der Waals surface area contributed by atoms with Crippen molar-refractivity contribution in [1.29, 1.82) is 0 Å². The molecule has 1 saturated carbocycles. The third-order valence-corrected chi connectivity index (χ3v) is 2.74. The average molecular weight is 176 g/mol. The van der Waals surface area contributed by atoms with Crippen LogP contribution in [0.15, 0.2) is 0 Å². The quantitative estimate of drug-likeness (QED) is 0.633. The van der Waals surface area contributed by atoms with Crippen molar-refractivity contribution in [2.75, 3.05) is 7.11 Å². The van der Waals surface area contributed by atoms with Crippen LogP contribution in [0.4, 0.5) is 0 Å². The minimum atomic E-state index is -0.402. The molecule has 0 aromatic rings. The summed E-state index contributed by atoms with van der Waals surface area (Å²) in [6, 6.07) is 0.310. The molecule has 3 unspecified atom stereocenters. The van der Waals surface area contributed by atoms with Crippen LogP contribution >= 0.6 is 8.96 Å². The van der Waals surface area contributed by atoms with Crippen LogP contribution < -0.4 is 9.98 Å². The Hall–Kier alpha value is 0.310. The van der Waals surface area contributed by atoms with Gasteiger partial charge in [0.15, 0.2) is 0 Å². The van der Waals surface area contributed by atoms with Gasteiger partial charge in [0.05, 0.1) is 6.10 Å². The number of rotatable bonds is 3. The van der Waals surface area contributed by atoms with Crippen LogP contribution in [0.25, 0.3) is 0 Å². The summed E-state index contributed by atoms with van der Waals surface area (Å²) in [4.78, 5) is 10.3. The molecule has 1 fully saturated rings. The highest BCUT2D eigenvalue weighted by atomic mass is 31.1. The summed E-state index contributed by atoms with van der Waals surface area (Å²) >= 11 is 0. The molecule has 0 aromatic heterocycles. The van der Waals surface area contributed by atoms with Gasteiger partial charge in [-0.1, -0.05) is 12.8 Å². The van der Waals surface area contributed by atoms with Crippen molar-refractivity contribution in [3.05, 3.63) is 0 Å². The van der Waals surface area contributed by atoms with Crippen LogP contribution in [0.3, 0.4) is 0 Å². The maximum atomic E-state index is 10.3. The van der Waals surface area contributed by atoms with E-state index in [1.807, 2.05) is 0 Å². The van der Waals surface area contributed by atoms with Gasteiger partial charge < -0.3 is 14.7 Å². The van der Waals surface area contributed by atoms with Crippen LogP contribution in [-0.4, -0.2) is 19.3 Å². The third-order valence-electron chi connectivity index (χ3n) is 2.25. The Balaban J connectivity index is 2.31. The molecule has 0 radical (unpaired) electrons. The summed E-state index contributed by atoms with van der Waals surface area (Å²) in [7, 11) is 1.32. The average Bonchev–Trinajstić information content (AvgIpc) is 2.06. The van der Waals surface area contributed by atoms with E-state index in [1.54, 1.807) is 7.11 Å². The van der Waals surface area contributed by atoms with Gasteiger partial charge >= 0.3 is 0 Å². The monoisotopic (exact) mass is 176 g/mol. The third kappa shape index (κ3) is 2.68. The van der Waals surface area contributed by atoms with Gasteiger partial charge in [0.25, 0.3) is 0 Å². The molecule has 1 aliphatic rings. The summed E-state index contributed by atoms with van der Waals surface area (Å²) < 4.78 is 5.26. The second kappa shape index (κ2) is 5.04. The molecule has 0 aromatic carbocycles. The molecule has 0 aliphatic heterocycles. The fourth-order valence-corrected chi connectivity index (χ4v) is 2.10. The maximum absolute atomic E-state index is 10.3. The number of nitrogens with one attached hydrogen (secondary N) is 1. The fourth-order valence-electron chi connectivity index (χ4n) is 1.62. The Morgan fingerprint density at radius 3 is 2.82 bits per heavy atom. The SMILES string of the molecule is COC1CCCCC1NP[O-]. The van der Waals surface area contributed by atoms with Crippen molar-refractivity contribution in [3.63, 3.8) is 0 Å². The molecule has 0 heterocycles. The molecule has 0 saturated heterocycles. The van der Waals surface area contributed by atoms with Gasteiger partial charge in [0, 0.05) is 13.2 Å². The lowest BCUT2D eigenvalue weighted by molar-refractivity contribution is -0.154. The predicted molar refractivity (Wildman–Crippen MR) is 44.5 cm³/mol. The zero-order valence-electron chi connectivity index (χ0n) is 6.80. The Labute approximate surface area is 69.4 Å². The molecule has 0 amide bonds. The van der Waals surface area contributed by atoms with E-state index in [1.165, 1.54) is 12.8 Å². The second-order valence-corrected chi connectivity index (χ2v) is 3.40. The summed E-state index contributed by atoms with van der Waals surface area (Å²) in [6.45, 7) is 0. The number of methoxy groups -OCH3 is 1. The van der Waals surface area contributed by atoms with Gasteiger partial charge in [-0.25, -0.2) is 0 Å². The van der Waals surface area contributed by atoms with Crippen LogP contribution in [-0.2, 0) is 4.74 Å². The molecule has 0 spiro atoms. The van der Waals surface area contributed by atoms with E-state index in [9.17, 15) is 4.89 Å². The standard InChI is InChI=1S/C7H15NO2P/c1-10-7-5-3-2-4-6(7)8-11-9/h6-8,11H,2-5H2,1H3/q-1. The number of ether oxygens (including phenoxy) is 1. The van der Waals surface area contributed by atoms with Crippen LogP contribution in [0.1, 0.15) is 25.7 Å². The molecule has 0 bridgehead atoms. The highest BCUT2D eigenvalue weighted by Gasteiger charge is 2.22. The Kier molecular flexibility index (Phi) is 4.31. The van der Waals surface area contributed by atoms with Crippen molar-refractivity contribution in [2.24, 2.45) is 0 Å². The molecule has 1 N–H and O–H groups in total. The van der Waals surface area contributed by atoms with Gasteiger partial charge in [-0.3, -0.25) is 0 Å². The summed E-state index contributed by atoms with van der Waals surface area (Å²) in [6.07, 6.45) is 4.91. The van der Waals surface area contributed by atoms with E-state index < -0.39 is 8.96 Å². The fraction of sp³-hybridized carbons (Fsp3) is 1.00. The lowest BCUT2D eigenvalue weighted by Gasteiger charge is -2.32. The van der Waals surface area contributed by atoms with Gasteiger partial charge in [-0.15, -0.1) is 8.96 Å². The minimum Gasteiger partial charge on any atom is -0.820 e. The normalized spacial score (nSPS) is 33.3.